The van der Waals surface area contributed by atoms with Gasteiger partial charge >= 0.3 is 0 Å². The molecule has 0 bridgehead atoms. The predicted octanol–water partition coefficient (Wildman–Crippen LogP) is 10.2. The van der Waals surface area contributed by atoms with Crippen molar-refractivity contribution in [3.63, 3.8) is 0 Å². The molecule has 1 saturated heterocycles. The molecule has 1 aliphatic heterocycles. The van der Waals surface area contributed by atoms with E-state index in [4.69, 9.17) is 14.2 Å². The van der Waals surface area contributed by atoms with Gasteiger partial charge in [0.25, 0.3) is 0 Å². The van der Waals surface area contributed by atoms with Crippen LogP contribution >= 0.6 is 0 Å². The third kappa shape index (κ3) is 8.92. The molecule has 248 valence electrons. The Hall–Kier alpha value is -4.43. The van der Waals surface area contributed by atoms with Crippen molar-refractivity contribution < 1.29 is 19.0 Å². The number of unbranched alkanes of at least 4 members (excludes halogenated alkanes) is 2. The van der Waals surface area contributed by atoms with Crippen molar-refractivity contribution in [1.82, 2.24) is 0 Å². The molecule has 4 aromatic rings. The lowest BCUT2D eigenvalue weighted by Gasteiger charge is -2.37. The molecule has 5 rings (SSSR count). The highest BCUT2D eigenvalue weighted by Gasteiger charge is 2.39. The van der Waals surface area contributed by atoms with Gasteiger partial charge in [0.05, 0.1) is 6.10 Å². The third-order valence-corrected chi connectivity index (χ3v) is 8.94. The van der Waals surface area contributed by atoms with Gasteiger partial charge in [-0.15, -0.1) is 6.58 Å². The summed E-state index contributed by atoms with van der Waals surface area (Å²) in [5.41, 5.74) is 3.29. The van der Waals surface area contributed by atoms with Crippen LogP contribution in [0.2, 0.25) is 0 Å². The maximum atomic E-state index is 13.7. The average Bonchev–Trinajstić information content (AvgIpc) is 3.14. The van der Waals surface area contributed by atoms with Crippen molar-refractivity contribution in [2.75, 3.05) is 6.61 Å². The highest BCUT2D eigenvalue weighted by Crippen LogP contribution is 2.42. The molecule has 4 aromatic carbocycles. The summed E-state index contributed by atoms with van der Waals surface area (Å²) in [7, 11) is 0. The summed E-state index contributed by atoms with van der Waals surface area (Å²) >= 11 is 0. The van der Waals surface area contributed by atoms with E-state index in [1.165, 1.54) is 12.8 Å². The topological polar surface area (TPSA) is 44.8 Å². The van der Waals surface area contributed by atoms with Gasteiger partial charge in [-0.1, -0.05) is 135 Å². The lowest BCUT2D eigenvalue weighted by Crippen LogP contribution is -2.36. The van der Waals surface area contributed by atoms with E-state index in [2.05, 4.69) is 61.7 Å². The normalized spacial score (nSPS) is 15.1. The molecule has 48 heavy (non-hydrogen) atoms. The van der Waals surface area contributed by atoms with Crippen molar-refractivity contribution in [3.05, 3.63) is 150 Å². The quantitative estimate of drug-likeness (QED) is 0.0305. The molecule has 0 aliphatic carbocycles. The molecular weight excluding hydrogens is 592 g/mol. The second-order valence-corrected chi connectivity index (χ2v) is 12.4. The van der Waals surface area contributed by atoms with Crippen LogP contribution in [0.4, 0.5) is 0 Å². The molecule has 4 heteroatoms. The summed E-state index contributed by atoms with van der Waals surface area (Å²) in [6.45, 7) is 6.99. The van der Waals surface area contributed by atoms with Crippen LogP contribution in [0.3, 0.4) is 0 Å². The molecule has 0 N–H and O–H groups in total. The van der Waals surface area contributed by atoms with Gasteiger partial charge in [0.15, 0.2) is 11.9 Å². The molecule has 1 aliphatic rings. The van der Waals surface area contributed by atoms with E-state index >= 15 is 0 Å². The van der Waals surface area contributed by atoms with Gasteiger partial charge in [-0.2, -0.15) is 0 Å². The molecule has 1 fully saturated rings. The van der Waals surface area contributed by atoms with Gasteiger partial charge in [-0.25, -0.2) is 0 Å². The zero-order chi connectivity index (χ0) is 33.4. The Kier molecular flexibility index (Phi) is 13.2. The van der Waals surface area contributed by atoms with Crippen LogP contribution in [0.5, 0.6) is 5.75 Å². The van der Waals surface area contributed by atoms with E-state index in [0.29, 0.717) is 24.2 Å². The zero-order valence-electron chi connectivity index (χ0n) is 28.2. The monoisotopic (exact) mass is 640 g/mol. The minimum absolute atomic E-state index is 0.0826. The number of hydrogen-bond acceptors (Lipinski definition) is 4. The Morgan fingerprint density at radius 1 is 0.875 bits per heavy atom. The first-order chi connectivity index (χ1) is 23.7. The number of Topliss-reactive ketones (excluding diaryl/α,β-unsaturated/α-hetero) is 1. The maximum Gasteiger partial charge on any atom is 0.236 e. The first-order valence-corrected chi connectivity index (χ1v) is 17.5. The molecule has 0 saturated carbocycles. The van der Waals surface area contributed by atoms with Crippen molar-refractivity contribution >= 4 is 5.78 Å². The minimum atomic E-state index is -0.970. The van der Waals surface area contributed by atoms with Crippen molar-refractivity contribution in [2.24, 2.45) is 0 Å². The van der Waals surface area contributed by atoms with Crippen LogP contribution < -0.4 is 4.74 Å². The summed E-state index contributed by atoms with van der Waals surface area (Å²) in [5, 5.41) is 0. The lowest BCUT2D eigenvalue weighted by molar-refractivity contribution is -0.190. The van der Waals surface area contributed by atoms with E-state index in [9.17, 15) is 4.79 Å². The van der Waals surface area contributed by atoms with Crippen molar-refractivity contribution in [2.45, 2.75) is 89.1 Å². The van der Waals surface area contributed by atoms with E-state index < -0.39 is 5.60 Å². The highest BCUT2D eigenvalue weighted by atomic mass is 16.7. The van der Waals surface area contributed by atoms with Crippen molar-refractivity contribution in [3.8, 4) is 17.6 Å². The standard InChI is InChI=1S/C44H48O4/c1-3-5-9-28-38(47-43-33-18-19-34-46-43)29-16-17-31-41(45)39-30-20-32-42(40(39)21-4-2)48-44(35-22-10-6-11-23-35,36-24-12-7-13-25-36)37-26-14-8-15-27-37/h4,6-8,10-15,20,22-27,30,32,38,43H,2-3,5,9,16,18-19,21,28-29,33-34H2,1H3. The summed E-state index contributed by atoms with van der Waals surface area (Å²) < 4.78 is 19.4. The predicted molar refractivity (Wildman–Crippen MR) is 194 cm³/mol. The summed E-state index contributed by atoms with van der Waals surface area (Å²) in [5.74, 6) is 6.51. The Morgan fingerprint density at radius 3 is 2.08 bits per heavy atom. The number of ketones is 1. The van der Waals surface area contributed by atoms with Crippen LogP contribution in [-0.2, 0) is 21.5 Å². The van der Waals surface area contributed by atoms with Crippen LogP contribution in [0.1, 0.15) is 97.3 Å². The largest absolute Gasteiger partial charge is 0.473 e. The van der Waals surface area contributed by atoms with Crippen molar-refractivity contribution in [1.29, 1.82) is 0 Å². The first-order valence-electron chi connectivity index (χ1n) is 17.5. The average molecular weight is 641 g/mol. The van der Waals surface area contributed by atoms with Gasteiger partial charge < -0.3 is 14.2 Å². The van der Waals surface area contributed by atoms with Crippen LogP contribution in [0.15, 0.2) is 122 Å². The Bertz CT molecular complexity index is 1530. The fourth-order valence-electron chi connectivity index (χ4n) is 6.47. The fourth-order valence-corrected chi connectivity index (χ4v) is 6.47. The number of allylic oxidation sites excluding steroid dienone is 1. The highest BCUT2D eigenvalue weighted by molar-refractivity contribution is 6.10. The number of rotatable bonds is 16. The number of carbonyl (C=O) groups excluding carboxylic acids is 1. The van der Waals surface area contributed by atoms with E-state index in [1.807, 2.05) is 78.9 Å². The van der Waals surface area contributed by atoms with Gasteiger partial charge in [0.1, 0.15) is 5.75 Å². The van der Waals surface area contributed by atoms with E-state index in [1.54, 1.807) is 0 Å². The second-order valence-electron chi connectivity index (χ2n) is 12.4. The number of carbonyl (C=O) groups is 1. The molecule has 0 amide bonds. The minimum Gasteiger partial charge on any atom is -0.473 e. The van der Waals surface area contributed by atoms with Crippen LogP contribution in [0.25, 0.3) is 0 Å². The molecule has 4 nitrogen and oxygen atoms in total. The van der Waals surface area contributed by atoms with E-state index in [-0.39, 0.29) is 18.2 Å². The maximum absolute atomic E-state index is 13.7. The van der Waals surface area contributed by atoms with E-state index in [0.717, 1.165) is 67.4 Å². The second kappa shape index (κ2) is 18.2. The summed E-state index contributed by atoms with van der Waals surface area (Å²) in [6.07, 6.45) is 11.2. The lowest BCUT2D eigenvalue weighted by atomic mass is 9.80. The first kappa shape index (κ1) is 34.9. The SMILES string of the molecule is C=CCc1c(OC(c2ccccc2)(c2ccccc2)c2ccccc2)cccc1C(=O)C#CCCC(CCCCC)OC1CCCCO1. The Balaban J connectivity index is 1.43. The summed E-state index contributed by atoms with van der Waals surface area (Å²) in [4.78, 5) is 13.7. The molecule has 0 aromatic heterocycles. The Morgan fingerprint density at radius 2 is 1.52 bits per heavy atom. The molecule has 1 heterocycles. The Labute approximate surface area is 287 Å². The van der Waals surface area contributed by atoms with Crippen LogP contribution in [-0.4, -0.2) is 24.8 Å². The number of ether oxygens (including phenoxy) is 3. The fraction of sp³-hybridized carbons (Fsp3) is 0.341. The smallest absolute Gasteiger partial charge is 0.236 e. The zero-order valence-corrected chi connectivity index (χ0v) is 28.2. The molecule has 0 spiro atoms. The van der Waals surface area contributed by atoms with Gasteiger partial charge in [-0.3, -0.25) is 4.79 Å². The number of hydrogen-bond donors (Lipinski definition) is 0. The summed E-state index contributed by atoms with van der Waals surface area (Å²) in [6, 6.07) is 36.4. The third-order valence-electron chi connectivity index (χ3n) is 8.94. The van der Waals surface area contributed by atoms with Gasteiger partial charge in [0.2, 0.25) is 5.78 Å². The van der Waals surface area contributed by atoms with Gasteiger partial charge in [0, 0.05) is 40.8 Å². The van der Waals surface area contributed by atoms with Crippen LogP contribution in [0, 0.1) is 11.8 Å². The molecular formula is C44H48O4. The number of benzene rings is 4. The van der Waals surface area contributed by atoms with Gasteiger partial charge in [-0.05, 0) is 56.6 Å². The molecule has 0 radical (unpaired) electrons. The molecule has 2 unspecified atom stereocenters. The molecule has 2 atom stereocenters.